The standard InChI is InChI=1S/C23H35N3O4/c1-5-16-12-18(30-19(16)15-24-4)21(28)25-14-17-13-23(17)8-10-26(11-9-23)20(27)6-7-22(2,3)29/h12,15,17,29H,5-11,13-14H2,1-4H3,(H,25,28). The number of hydrogen-bond donors (Lipinski definition) is 2. The van der Waals surface area contributed by atoms with Gasteiger partial charge in [0, 0.05) is 38.7 Å². The number of furan rings is 1. The van der Waals surface area contributed by atoms with Gasteiger partial charge in [0.1, 0.15) is 5.76 Å². The molecule has 7 nitrogen and oxygen atoms in total. The second kappa shape index (κ2) is 8.92. The lowest BCUT2D eigenvalue weighted by atomic mass is 9.90. The van der Waals surface area contributed by atoms with Crippen LogP contribution in [-0.2, 0) is 11.2 Å². The van der Waals surface area contributed by atoms with Crippen LogP contribution >= 0.6 is 0 Å². The van der Waals surface area contributed by atoms with Crippen molar-refractivity contribution in [2.24, 2.45) is 16.3 Å². The molecule has 2 aliphatic rings. The van der Waals surface area contributed by atoms with Gasteiger partial charge >= 0.3 is 0 Å². The minimum Gasteiger partial charge on any atom is -0.450 e. The first-order valence-electron chi connectivity index (χ1n) is 11.0. The number of aliphatic hydroxyl groups is 1. The fourth-order valence-electron chi connectivity index (χ4n) is 4.47. The van der Waals surface area contributed by atoms with Gasteiger partial charge < -0.3 is 19.7 Å². The summed E-state index contributed by atoms with van der Waals surface area (Å²) in [6, 6.07) is 1.80. The predicted molar refractivity (Wildman–Crippen MR) is 116 cm³/mol. The van der Waals surface area contributed by atoms with Gasteiger partial charge in [-0.2, -0.15) is 0 Å². The highest BCUT2D eigenvalue weighted by molar-refractivity contribution is 5.93. The summed E-state index contributed by atoms with van der Waals surface area (Å²) in [6.45, 7) is 7.68. The zero-order chi connectivity index (χ0) is 21.9. The van der Waals surface area contributed by atoms with Gasteiger partial charge in [0.15, 0.2) is 5.76 Å². The molecule has 2 N–H and O–H groups in total. The molecule has 0 radical (unpaired) electrons. The van der Waals surface area contributed by atoms with E-state index in [0.29, 0.717) is 36.8 Å². The van der Waals surface area contributed by atoms with E-state index in [1.54, 1.807) is 33.2 Å². The molecule has 1 spiro atoms. The van der Waals surface area contributed by atoms with Gasteiger partial charge in [0.05, 0.1) is 11.8 Å². The van der Waals surface area contributed by atoms with Crippen LogP contribution in [0.15, 0.2) is 15.5 Å². The summed E-state index contributed by atoms with van der Waals surface area (Å²) in [7, 11) is 1.68. The topological polar surface area (TPSA) is 95.1 Å². The number of aryl methyl sites for hydroxylation is 1. The van der Waals surface area contributed by atoms with Gasteiger partial charge in [-0.1, -0.05) is 6.92 Å². The summed E-state index contributed by atoms with van der Waals surface area (Å²) in [4.78, 5) is 30.8. The molecule has 1 aromatic rings. The Morgan fingerprint density at radius 3 is 2.70 bits per heavy atom. The van der Waals surface area contributed by atoms with Crippen molar-refractivity contribution in [2.45, 2.75) is 64.9 Å². The first-order valence-corrected chi connectivity index (χ1v) is 11.0. The Labute approximate surface area is 178 Å². The number of nitrogens with one attached hydrogen (secondary N) is 1. The highest BCUT2D eigenvalue weighted by atomic mass is 16.4. The maximum atomic E-state index is 12.5. The fraction of sp³-hybridized carbons (Fsp3) is 0.696. The molecule has 2 fully saturated rings. The number of carbonyl (C=O) groups excluding carboxylic acids is 2. The quantitative estimate of drug-likeness (QED) is 0.636. The number of likely N-dealkylation sites (tertiary alicyclic amines) is 1. The smallest absolute Gasteiger partial charge is 0.287 e. The zero-order valence-corrected chi connectivity index (χ0v) is 18.7. The second-order valence-corrected chi connectivity index (χ2v) is 9.41. The van der Waals surface area contributed by atoms with Crippen molar-refractivity contribution in [3.05, 3.63) is 23.2 Å². The van der Waals surface area contributed by atoms with E-state index in [0.717, 1.165) is 44.3 Å². The molecular formula is C23H35N3O4. The first-order chi connectivity index (χ1) is 14.2. The molecular weight excluding hydrogens is 382 g/mol. The van der Waals surface area contributed by atoms with Crippen LogP contribution in [0.3, 0.4) is 0 Å². The number of hydrogen-bond acceptors (Lipinski definition) is 5. The number of rotatable bonds is 8. The summed E-state index contributed by atoms with van der Waals surface area (Å²) in [6.07, 6.45) is 6.38. The number of carbonyl (C=O) groups is 2. The Hall–Kier alpha value is -2.15. The van der Waals surface area contributed by atoms with E-state index in [1.807, 2.05) is 11.8 Å². The maximum Gasteiger partial charge on any atom is 0.287 e. The molecule has 166 valence electrons. The molecule has 0 aromatic carbocycles. The van der Waals surface area contributed by atoms with E-state index in [4.69, 9.17) is 4.42 Å². The molecule has 1 atom stereocenters. The number of amides is 2. The SMILES string of the molecule is CCc1cc(C(=O)NCC2CC23CCN(C(=O)CCC(C)(C)O)CC3)oc1C=NC. The van der Waals surface area contributed by atoms with Crippen molar-refractivity contribution in [3.63, 3.8) is 0 Å². The highest BCUT2D eigenvalue weighted by Crippen LogP contribution is 2.59. The molecule has 2 amide bonds. The Bertz CT molecular complexity index is 798. The normalized spacial score (nSPS) is 20.7. The summed E-state index contributed by atoms with van der Waals surface area (Å²) in [5.74, 6) is 1.40. The summed E-state index contributed by atoms with van der Waals surface area (Å²) in [5, 5.41) is 12.8. The lowest BCUT2D eigenvalue weighted by molar-refractivity contribution is -0.134. The van der Waals surface area contributed by atoms with Gasteiger partial charge in [-0.3, -0.25) is 14.6 Å². The molecule has 1 aliphatic carbocycles. The van der Waals surface area contributed by atoms with Crippen LogP contribution in [0.5, 0.6) is 0 Å². The van der Waals surface area contributed by atoms with Crippen LogP contribution in [0.25, 0.3) is 0 Å². The lowest BCUT2D eigenvalue weighted by Gasteiger charge is -2.33. The van der Waals surface area contributed by atoms with Gasteiger partial charge in [-0.05, 0) is 63.4 Å². The van der Waals surface area contributed by atoms with Crippen molar-refractivity contribution < 1.29 is 19.1 Å². The number of aliphatic imine (C=N–C) groups is 1. The van der Waals surface area contributed by atoms with E-state index in [2.05, 4.69) is 10.3 Å². The van der Waals surface area contributed by atoms with E-state index in [1.165, 1.54) is 0 Å². The van der Waals surface area contributed by atoms with Gasteiger partial charge in [-0.25, -0.2) is 0 Å². The van der Waals surface area contributed by atoms with Crippen LogP contribution < -0.4 is 5.32 Å². The predicted octanol–water partition coefficient (Wildman–Crippen LogP) is 2.80. The van der Waals surface area contributed by atoms with E-state index >= 15 is 0 Å². The van der Waals surface area contributed by atoms with Crippen LogP contribution in [0.4, 0.5) is 0 Å². The molecule has 2 heterocycles. The van der Waals surface area contributed by atoms with Gasteiger partial charge in [-0.15, -0.1) is 0 Å². The third-order valence-corrected chi connectivity index (χ3v) is 6.62. The van der Waals surface area contributed by atoms with Gasteiger partial charge in [0.2, 0.25) is 5.91 Å². The number of nitrogens with zero attached hydrogens (tertiary/aromatic N) is 2. The Morgan fingerprint density at radius 1 is 1.40 bits per heavy atom. The summed E-state index contributed by atoms with van der Waals surface area (Å²) in [5.41, 5.74) is 0.441. The lowest BCUT2D eigenvalue weighted by Crippen LogP contribution is -2.40. The van der Waals surface area contributed by atoms with Crippen molar-refractivity contribution in [1.29, 1.82) is 0 Å². The first kappa shape index (κ1) is 22.5. The molecule has 1 aliphatic heterocycles. The average molecular weight is 418 g/mol. The molecule has 30 heavy (non-hydrogen) atoms. The van der Waals surface area contributed by atoms with Gasteiger partial charge in [0.25, 0.3) is 5.91 Å². The van der Waals surface area contributed by atoms with Crippen LogP contribution in [-0.4, -0.2) is 60.3 Å². The van der Waals surface area contributed by atoms with E-state index < -0.39 is 5.60 Å². The molecule has 1 saturated carbocycles. The monoisotopic (exact) mass is 417 g/mol. The summed E-state index contributed by atoms with van der Waals surface area (Å²) < 4.78 is 5.66. The summed E-state index contributed by atoms with van der Waals surface area (Å²) >= 11 is 0. The third kappa shape index (κ3) is 5.31. The van der Waals surface area contributed by atoms with Crippen molar-refractivity contribution in [3.8, 4) is 0 Å². The largest absolute Gasteiger partial charge is 0.450 e. The molecule has 1 unspecified atom stereocenters. The Balaban J connectivity index is 1.44. The van der Waals surface area contributed by atoms with Crippen LogP contribution in [0, 0.1) is 11.3 Å². The zero-order valence-electron chi connectivity index (χ0n) is 18.7. The Morgan fingerprint density at radius 2 is 2.10 bits per heavy atom. The average Bonchev–Trinajstić information content (AvgIpc) is 3.19. The van der Waals surface area contributed by atoms with Crippen LogP contribution in [0.1, 0.15) is 74.8 Å². The van der Waals surface area contributed by atoms with E-state index in [-0.39, 0.29) is 17.2 Å². The minimum absolute atomic E-state index is 0.133. The number of piperidine rings is 1. The maximum absolute atomic E-state index is 12.5. The molecule has 1 saturated heterocycles. The van der Waals surface area contributed by atoms with Crippen molar-refractivity contribution in [2.75, 3.05) is 26.7 Å². The minimum atomic E-state index is -0.803. The molecule has 7 heteroatoms. The molecule has 0 bridgehead atoms. The van der Waals surface area contributed by atoms with E-state index in [9.17, 15) is 14.7 Å². The van der Waals surface area contributed by atoms with Crippen molar-refractivity contribution >= 4 is 18.0 Å². The Kier molecular flexibility index (Phi) is 6.70. The molecule has 3 rings (SSSR count). The van der Waals surface area contributed by atoms with Crippen molar-refractivity contribution in [1.82, 2.24) is 10.2 Å². The molecule has 1 aromatic heterocycles. The second-order valence-electron chi connectivity index (χ2n) is 9.41. The highest BCUT2D eigenvalue weighted by Gasteiger charge is 2.54. The third-order valence-electron chi connectivity index (χ3n) is 6.62. The fourth-order valence-corrected chi connectivity index (χ4v) is 4.47. The van der Waals surface area contributed by atoms with Crippen LogP contribution in [0.2, 0.25) is 0 Å².